The molecule has 2 unspecified atom stereocenters. The minimum atomic E-state index is -0.888. The first-order valence-electron chi connectivity index (χ1n) is 3.37. The number of hydrogen-bond donors (Lipinski definition) is 2. The number of carbonyl (C=O) groups is 1. The van der Waals surface area contributed by atoms with Gasteiger partial charge in [0.2, 0.25) is 0 Å². The highest BCUT2D eigenvalue weighted by Crippen LogP contribution is 2.10. The number of hydrogen-bond acceptors (Lipinski definition) is 2. The van der Waals surface area contributed by atoms with Gasteiger partial charge in [0.25, 0.3) is 0 Å². The van der Waals surface area contributed by atoms with Gasteiger partial charge in [-0.1, -0.05) is 6.92 Å². The SMILES string of the molecule is CCPCCC(N)C(=O)O. The Morgan fingerprint density at radius 3 is 2.80 bits per heavy atom. The summed E-state index contributed by atoms with van der Waals surface area (Å²) in [4.78, 5) is 10.2. The molecule has 0 heterocycles. The summed E-state index contributed by atoms with van der Waals surface area (Å²) in [5, 5.41) is 8.36. The molecular formula is C6H14NO2P. The maximum absolute atomic E-state index is 10.2. The summed E-state index contributed by atoms with van der Waals surface area (Å²) in [5.41, 5.74) is 5.26. The standard InChI is InChI=1S/C6H14NO2P/c1-2-10-4-3-5(7)6(8)9/h5,10H,2-4,7H2,1H3,(H,8,9). The summed E-state index contributed by atoms with van der Waals surface area (Å²) in [7, 11) is 0.857. The van der Waals surface area contributed by atoms with Crippen LogP contribution in [0.1, 0.15) is 13.3 Å². The molecule has 3 nitrogen and oxygen atoms in total. The Labute approximate surface area is 62.8 Å². The molecule has 0 saturated heterocycles. The van der Waals surface area contributed by atoms with Crippen LogP contribution in [0, 0.1) is 0 Å². The molecule has 0 bridgehead atoms. The molecule has 0 spiro atoms. The van der Waals surface area contributed by atoms with E-state index >= 15 is 0 Å². The second-order valence-corrected chi connectivity index (χ2v) is 3.79. The van der Waals surface area contributed by atoms with Crippen LogP contribution in [-0.2, 0) is 4.79 Å². The quantitative estimate of drug-likeness (QED) is 0.458. The van der Waals surface area contributed by atoms with Gasteiger partial charge in [0.15, 0.2) is 0 Å². The van der Waals surface area contributed by atoms with Gasteiger partial charge in [-0.3, -0.25) is 4.79 Å². The molecule has 0 aromatic carbocycles. The summed E-state index contributed by atoms with van der Waals surface area (Å²) >= 11 is 0. The third kappa shape index (κ3) is 4.71. The van der Waals surface area contributed by atoms with E-state index < -0.39 is 12.0 Å². The molecule has 0 amide bonds. The van der Waals surface area contributed by atoms with E-state index in [-0.39, 0.29) is 0 Å². The highest BCUT2D eigenvalue weighted by molar-refractivity contribution is 7.37. The molecular weight excluding hydrogens is 149 g/mol. The summed E-state index contributed by atoms with van der Waals surface area (Å²) in [5.74, 6) is -0.888. The summed E-state index contributed by atoms with van der Waals surface area (Å²) < 4.78 is 0. The molecule has 4 heteroatoms. The Balaban J connectivity index is 3.21. The molecule has 60 valence electrons. The molecule has 0 saturated carbocycles. The van der Waals surface area contributed by atoms with Crippen LogP contribution in [0.4, 0.5) is 0 Å². The third-order valence-corrected chi connectivity index (χ3v) is 2.34. The van der Waals surface area contributed by atoms with Crippen molar-refractivity contribution in [3.05, 3.63) is 0 Å². The van der Waals surface area contributed by atoms with Gasteiger partial charge in [0.1, 0.15) is 6.04 Å². The lowest BCUT2D eigenvalue weighted by Gasteiger charge is -2.03. The van der Waals surface area contributed by atoms with Crippen molar-refractivity contribution in [2.45, 2.75) is 19.4 Å². The molecule has 0 fully saturated rings. The Kier molecular flexibility index (Phi) is 5.55. The smallest absolute Gasteiger partial charge is 0.320 e. The average Bonchev–Trinajstić information content (AvgIpc) is 1.88. The molecule has 3 N–H and O–H groups in total. The van der Waals surface area contributed by atoms with Crippen molar-refractivity contribution in [1.29, 1.82) is 0 Å². The maximum Gasteiger partial charge on any atom is 0.320 e. The predicted molar refractivity (Wildman–Crippen MR) is 44.0 cm³/mol. The van der Waals surface area contributed by atoms with Gasteiger partial charge in [-0.25, -0.2) is 0 Å². The number of aliphatic carboxylic acids is 1. The first kappa shape index (κ1) is 9.86. The van der Waals surface area contributed by atoms with E-state index in [1.807, 2.05) is 0 Å². The molecule has 10 heavy (non-hydrogen) atoms. The van der Waals surface area contributed by atoms with Crippen molar-refractivity contribution < 1.29 is 9.90 Å². The van der Waals surface area contributed by atoms with E-state index in [1.54, 1.807) is 0 Å². The lowest BCUT2D eigenvalue weighted by molar-refractivity contribution is -0.138. The van der Waals surface area contributed by atoms with Crippen LogP contribution in [0.2, 0.25) is 0 Å². The topological polar surface area (TPSA) is 63.3 Å². The molecule has 0 aromatic heterocycles. The van der Waals surface area contributed by atoms with E-state index in [1.165, 1.54) is 0 Å². The fraction of sp³-hybridized carbons (Fsp3) is 0.833. The lowest BCUT2D eigenvalue weighted by Crippen LogP contribution is -2.30. The van der Waals surface area contributed by atoms with Crippen LogP contribution >= 0.6 is 8.58 Å². The maximum atomic E-state index is 10.2. The second-order valence-electron chi connectivity index (χ2n) is 2.09. The van der Waals surface area contributed by atoms with E-state index in [9.17, 15) is 4.79 Å². The second kappa shape index (κ2) is 5.63. The van der Waals surface area contributed by atoms with E-state index in [4.69, 9.17) is 10.8 Å². The first-order valence-corrected chi connectivity index (χ1v) is 4.79. The van der Waals surface area contributed by atoms with Gasteiger partial charge in [-0.15, -0.1) is 8.58 Å². The molecule has 0 aliphatic rings. The fourth-order valence-corrected chi connectivity index (χ4v) is 1.43. The minimum Gasteiger partial charge on any atom is -0.480 e. The van der Waals surface area contributed by atoms with Crippen molar-refractivity contribution in [2.75, 3.05) is 12.3 Å². The van der Waals surface area contributed by atoms with Gasteiger partial charge >= 0.3 is 5.97 Å². The molecule has 2 atom stereocenters. The predicted octanol–water partition coefficient (Wildman–Crippen LogP) is 0.487. The van der Waals surface area contributed by atoms with Crippen LogP contribution in [-0.4, -0.2) is 29.4 Å². The van der Waals surface area contributed by atoms with E-state index in [2.05, 4.69) is 6.92 Å². The minimum absolute atomic E-state index is 0.613. The van der Waals surface area contributed by atoms with Crippen molar-refractivity contribution >= 4 is 14.6 Å². The van der Waals surface area contributed by atoms with Crippen LogP contribution in [0.3, 0.4) is 0 Å². The number of carboxylic acids is 1. The van der Waals surface area contributed by atoms with Crippen LogP contribution in [0.25, 0.3) is 0 Å². The molecule has 0 aliphatic heterocycles. The largest absolute Gasteiger partial charge is 0.480 e. The van der Waals surface area contributed by atoms with Crippen molar-refractivity contribution in [2.24, 2.45) is 5.73 Å². The highest BCUT2D eigenvalue weighted by Gasteiger charge is 2.09. The highest BCUT2D eigenvalue weighted by atomic mass is 31.1. The third-order valence-electron chi connectivity index (χ3n) is 1.20. The van der Waals surface area contributed by atoms with Gasteiger partial charge in [-0.2, -0.15) is 0 Å². The molecule has 0 aromatic rings. The summed E-state index contributed by atoms with van der Waals surface area (Å²) in [6.45, 7) is 2.09. The van der Waals surface area contributed by atoms with Crippen molar-refractivity contribution in [3.8, 4) is 0 Å². The van der Waals surface area contributed by atoms with Crippen LogP contribution in [0.15, 0.2) is 0 Å². The fourth-order valence-electron chi connectivity index (χ4n) is 0.558. The van der Waals surface area contributed by atoms with Crippen molar-refractivity contribution in [1.82, 2.24) is 0 Å². The Morgan fingerprint density at radius 2 is 2.40 bits per heavy atom. The zero-order chi connectivity index (χ0) is 7.98. The van der Waals surface area contributed by atoms with Crippen LogP contribution in [0.5, 0.6) is 0 Å². The Morgan fingerprint density at radius 1 is 1.80 bits per heavy atom. The monoisotopic (exact) mass is 163 g/mol. The zero-order valence-electron chi connectivity index (χ0n) is 6.13. The normalized spacial score (nSPS) is 14.2. The summed E-state index contributed by atoms with van der Waals surface area (Å²) in [6, 6.07) is -0.654. The van der Waals surface area contributed by atoms with E-state index in [0.29, 0.717) is 6.42 Å². The lowest BCUT2D eigenvalue weighted by atomic mass is 10.2. The van der Waals surface area contributed by atoms with Crippen molar-refractivity contribution in [3.63, 3.8) is 0 Å². The molecule has 0 aliphatic carbocycles. The number of nitrogens with two attached hydrogens (primary N) is 1. The van der Waals surface area contributed by atoms with Gasteiger partial charge in [0.05, 0.1) is 0 Å². The Hall–Kier alpha value is -0.140. The Bertz CT molecular complexity index is 108. The average molecular weight is 163 g/mol. The van der Waals surface area contributed by atoms with Gasteiger partial charge in [0, 0.05) is 0 Å². The zero-order valence-corrected chi connectivity index (χ0v) is 7.13. The van der Waals surface area contributed by atoms with Gasteiger partial charge in [-0.05, 0) is 18.7 Å². The summed E-state index contributed by atoms with van der Waals surface area (Å²) in [6.07, 6.45) is 2.69. The number of carboxylic acid groups (broad SMARTS) is 1. The van der Waals surface area contributed by atoms with Crippen LogP contribution < -0.4 is 5.73 Å². The number of rotatable bonds is 5. The van der Waals surface area contributed by atoms with E-state index in [0.717, 1.165) is 20.9 Å². The first-order chi connectivity index (χ1) is 4.68. The van der Waals surface area contributed by atoms with Gasteiger partial charge < -0.3 is 10.8 Å². The molecule has 0 radical (unpaired) electrons. The molecule has 0 rings (SSSR count).